The maximum absolute atomic E-state index is 12.3. The fraction of sp³-hybridized carbons (Fsp3) is 0.348. The highest BCUT2D eigenvalue weighted by Gasteiger charge is 2.09. The first-order chi connectivity index (χ1) is 14.8. The zero-order valence-corrected chi connectivity index (χ0v) is 18.8. The van der Waals surface area contributed by atoms with Crippen molar-refractivity contribution in [1.82, 2.24) is 0 Å². The lowest BCUT2D eigenvalue weighted by Gasteiger charge is -2.12. The Hall–Kier alpha value is -3.06. The number of anilines is 4. The Morgan fingerprint density at radius 3 is 1.97 bits per heavy atom. The molecule has 2 rings (SSSR count). The molecule has 3 amide bonds. The molecule has 7 nitrogen and oxygen atoms in total. The normalized spacial score (nSPS) is 10.5. The van der Waals surface area contributed by atoms with Crippen LogP contribution in [0.2, 0.25) is 5.02 Å². The lowest BCUT2D eigenvalue weighted by Crippen LogP contribution is -2.22. The minimum absolute atomic E-state index is 0.00104. The molecule has 0 atom stereocenters. The molecule has 0 aromatic heterocycles. The van der Waals surface area contributed by atoms with E-state index in [-0.39, 0.29) is 30.2 Å². The summed E-state index contributed by atoms with van der Waals surface area (Å²) in [7, 11) is 0. The Bertz CT molecular complexity index is 914. The van der Waals surface area contributed by atoms with Crippen LogP contribution in [0.1, 0.15) is 40.0 Å². The van der Waals surface area contributed by atoms with Crippen molar-refractivity contribution in [3.8, 4) is 0 Å². The van der Waals surface area contributed by atoms with Crippen molar-refractivity contribution in [1.29, 1.82) is 0 Å². The monoisotopic (exact) mass is 444 g/mol. The standard InChI is InChI=1S/C23H29ClN4O3/c1-4-5-21(29)28-18-10-11-19(24)20(13-18)25-14-23(31)27-17-8-6-16(7-9-17)26-22(30)12-15(2)3/h6-11,13,15,25H,4-5,12,14H2,1-3H3,(H,26,30)(H,27,31)(H,28,29). The predicted octanol–water partition coefficient (Wildman–Crippen LogP) is 5.11. The summed E-state index contributed by atoms with van der Waals surface area (Å²) in [4.78, 5) is 35.9. The Balaban J connectivity index is 1.87. The molecule has 0 aliphatic carbocycles. The largest absolute Gasteiger partial charge is 0.375 e. The molecule has 2 aromatic rings. The fourth-order valence-corrected chi connectivity index (χ4v) is 2.97. The van der Waals surface area contributed by atoms with Gasteiger partial charge in [-0.25, -0.2) is 0 Å². The van der Waals surface area contributed by atoms with Gasteiger partial charge in [0.2, 0.25) is 17.7 Å². The number of carbonyl (C=O) groups excluding carboxylic acids is 3. The fourth-order valence-electron chi connectivity index (χ4n) is 2.79. The van der Waals surface area contributed by atoms with Crippen molar-refractivity contribution < 1.29 is 14.4 Å². The van der Waals surface area contributed by atoms with Crippen LogP contribution in [-0.4, -0.2) is 24.3 Å². The van der Waals surface area contributed by atoms with Crippen LogP contribution >= 0.6 is 11.6 Å². The number of rotatable bonds is 10. The van der Waals surface area contributed by atoms with E-state index in [1.165, 1.54) is 0 Å². The average molecular weight is 445 g/mol. The molecule has 0 heterocycles. The molecular formula is C23H29ClN4O3. The van der Waals surface area contributed by atoms with Crippen molar-refractivity contribution in [2.45, 2.75) is 40.0 Å². The second-order valence-corrected chi connectivity index (χ2v) is 8.03. The Morgan fingerprint density at radius 1 is 0.839 bits per heavy atom. The second-order valence-electron chi connectivity index (χ2n) is 7.62. The van der Waals surface area contributed by atoms with Gasteiger partial charge in [-0.1, -0.05) is 32.4 Å². The number of benzene rings is 2. The second kappa shape index (κ2) is 12.0. The van der Waals surface area contributed by atoms with Crippen LogP contribution < -0.4 is 21.3 Å². The van der Waals surface area contributed by atoms with Gasteiger partial charge in [-0.2, -0.15) is 0 Å². The highest BCUT2D eigenvalue weighted by atomic mass is 35.5. The third-order valence-corrected chi connectivity index (χ3v) is 4.54. The third-order valence-electron chi connectivity index (χ3n) is 4.21. The van der Waals surface area contributed by atoms with Crippen molar-refractivity contribution in [3.05, 3.63) is 47.5 Å². The van der Waals surface area contributed by atoms with E-state index in [1.54, 1.807) is 42.5 Å². The van der Waals surface area contributed by atoms with E-state index >= 15 is 0 Å². The Kier molecular flexibility index (Phi) is 9.34. The summed E-state index contributed by atoms with van der Waals surface area (Å²) in [5, 5.41) is 11.8. The van der Waals surface area contributed by atoms with Gasteiger partial charge in [-0.05, 0) is 54.8 Å². The van der Waals surface area contributed by atoms with Crippen LogP contribution in [0.3, 0.4) is 0 Å². The van der Waals surface area contributed by atoms with Gasteiger partial charge in [-0.3, -0.25) is 14.4 Å². The van der Waals surface area contributed by atoms with Gasteiger partial charge in [0.1, 0.15) is 0 Å². The molecule has 0 saturated carbocycles. The maximum atomic E-state index is 12.3. The quantitative estimate of drug-likeness (QED) is 0.409. The third kappa shape index (κ3) is 8.68. The highest BCUT2D eigenvalue weighted by Crippen LogP contribution is 2.25. The summed E-state index contributed by atoms with van der Waals surface area (Å²) in [6.07, 6.45) is 1.65. The van der Waals surface area contributed by atoms with E-state index < -0.39 is 0 Å². The molecular weight excluding hydrogens is 416 g/mol. The van der Waals surface area contributed by atoms with Gasteiger partial charge in [0.25, 0.3) is 0 Å². The van der Waals surface area contributed by atoms with Crippen molar-refractivity contribution in [2.75, 3.05) is 27.8 Å². The zero-order chi connectivity index (χ0) is 22.8. The number of halogens is 1. The van der Waals surface area contributed by atoms with Crippen molar-refractivity contribution in [2.24, 2.45) is 5.92 Å². The molecule has 31 heavy (non-hydrogen) atoms. The lowest BCUT2D eigenvalue weighted by molar-refractivity contribution is -0.117. The number of hydrogen-bond acceptors (Lipinski definition) is 4. The molecule has 0 aliphatic heterocycles. The van der Waals surface area contributed by atoms with Gasteiger partial charge >= 0.3 is 0 Å². The number of carbonyl (C=O) groups is 3. The number of nitrogens with one attached hydrogen (secondary N) is 4. The van der Waals surface area contributed by atoms with E-state index in [4.69, 9.17) is 11.6 Å². The first-order valence-electron chi connectivity index (χ1n) is 10.3. The summed E-state index contributed by atoms with van der Waals surface area (Å²) < 4.78 is 0. The minimum Gasteiger partial charge on any atom is -0.375 e. The van der Waals surface area contributed by atoms with Gasteiger partial charge in [0.15, 0.2) is 0 Å². The summed E-state index contributed by atoms with van der Waals surface area (Å²) in [5.41, 5.74) is 2.45. The molecule has 166 valence electrons. The molecule has 0 aliphatic rings. The van der Waals surface area contributed by atoms with Gasteiger partial charge in [0.05, 0.1) is 17.3 Å². The van der Waals surface area contributed by atoms with Crippen LogP contribution in [0, 0.1) is 5.92 Å². The highest BCUT2D eigenvalue weighted by molar-refractivity contribution is 6.33. The average Bonchev–Trinajstić information content (AvgIpc) is 2.69. The van der Waals surface area contributed by atoms with Gasteiger partial charge in [-0.15, -0.1) is 0 Å². The van der Waals surface area contributed by atoms with Gasteiger partial charge < -0.3 is 21.3 Å². The smallest absolute Gasteiger partial charge is 0.243 e. The van der Waals surface area contributed by atoms with E-state index in [1.807, 2.05) is 20.8 Å². The van der Waals surface area contributed by atoms with E-state index in [0.717, 1.165) is 6.42 Å². The summed E-state index contributed by atoms with van der Waals surface area (Å²) >= 11 is 6.19. The summed E-state index contributed by atoms with van der Waals surface area (Å²) in [6.45, 7) is 5.90. The lowest BCUT2D eigenvalue weighted by atomic mass is 10.1. The molecule has 0 unspecified atom stereocenters. The molecule has 0 radical (unpaired) electrons. The van der Waals surface area contributed by atoms with E-state index in [9.17, 15) is 14.4 Å². The van der Waals surface area contributed by atoms with E-state index in [2.05, 4.69) is 21.3 Å². The van der Waals surface area contributed by atoms with Crippen molar-refractivity contribution >= 4 is 52.1 Å². The number of hydrogen-bond donors (Lipinski definition) is 4. The summed E-state index contributed by atoms with van der Waals surface area (Å²) in [6, 6.07) is 12.0. The first-order valence-corrected chi connectivity index (χ1v) is 10.7. The molecule has 0 spiro atoms. The topological polar surface area (TPSA) is 99.3 Å². The zero-order valence-electron chi connectivity index (χ0n) is 18.0. The van der Waals surface area contributed by atoms with Crippen molar-refractivity contribution in [3.63, 3.8) is 0 Å². The molecule has 8 heteroatoms. The molecule has 2 aromatic carbocycles. The molecule has 0 bridgehead atoms. The van der Waals surface area contributed by atoms with Crippen LogP contribution in [0.25, 0.3) is 0 Å². The molecule has 4 N–H and O–H groups in total. The Labute approximate surface area is 187 Å². The molecule has 0 saturated heterocycles. The summed E-state index contributed by atoms with van der Waals surface area (Å²) in [5.74, 6) is -0.0840. The number of amides is 3. The van der Waals surface area contributed by atoms with Crippen LogP contribution in [0.15, 0.2) is 42.5 Å². The molecule has 0 fully saturated rings. The van der Waals surface area contributed by atoms with E-state index in [0.29, 0.717) is 40.6 Å². The minimum atomic E-state index is -0.256. The SMILES string of the molecule is CCCC(=O)Nc1ccc(Cl)c(NCC(=O)Nc2ccc(NC(=O)CC(C)C)cc2)c1. The first kappa shape index (κ1) is 24.2. The van der Waals surface area contributed by atoms with Crippen LogP contribution in [0.4, 0.5) is 22.7 Å². The predicted molar refractivity (Wildman–Crippen MR) is 127 cm³/mol. The maximum Gasteiger partial charge on any atom is 0.243 e. The van der Waals surface area contributed by atoms with Gasteiger partial charge in [0, 0.05) is 29.9 Å². The van der Waals surface area contributed by atoms with Crippen LogP contribution in [-0.2, 0) is 14.4 Å². The Morgan fingerprint density at radius 2 is 1.39 bits per heavy atom. The van der Waals surface area contributed by atoms with Crippen LogP contribution in [0.5, 0.6) is 0 Å².